The maximum absolute atomic E-state index is 6.50. The Bertz CT molecular complexity index is 3220. The highest BCUT2D eigenvalue weighted by atomic mass is 32.1. The normalized spacial score (nSPS) is 11.6. The molecule has 0 atom stereocenters. The zero-order chi connectivity index (χ0) is 36.3. The molecule has 11 rings (SSSR count). The lowest BCUT2D eigenvalue weighted by molar-refractivity contribution is 0.670. The molecule has 3 heteroatoms. The number of hydrogen-bond donors (Lipinski definition) is 0. The molecule has 0 aliphatic heterocycles. The zero-order valence-corrected chi connectivity index (χ0v) is 30.6. The van der Waals surface area contributed by atoms with Crippen LogP contribution in [0.2, 0.25) is 0 Å². The van der Waals surface area contributed by atoms with Crippen LogP contribution in [0.5, 0.6) is 0 Å². The second-order valence-corrected chi connectivity index (χ2v) is 15.2. The van der Waals surface area contributed by atoms with Gasteiger partial charge in [0.2, 0.25) is 0 Å². The van der Waals surface area contributed by atoms with Crippen molar-refractivity contribution in [3.63, 3.8) is 0 Å². The number of rotatable bonds is 6. The summed E-state index contributed by atoms with van der Waals surface area (Å²) >= 11 is 1.86. The van der Waals surface area contributed by atoms with Crippen LogP contribution in [-0.4, -0.2) is 0 Å². The van der Waals surface area contributed by atoms with E-state index in [-0.39, 0.29) is 0 Å². The molecule has 0 aliphatic carbocycles. The van der Waals surface area contributed by atoms with Crippen LogP contribution in [0.15, 0.2) is 205 Å². The van der Waals surface area contributed by atoms with Gasteiger partial charge in [0.1, 0.15) is 11.2 Å². The average molecular weight is 720 g/mol. The Balaban J connectivity index is 1.05. The number of furan rings is 1. The summed E-state index contributed by atoms with van der Waals surface area (Å²) in [5, 5.41) is 7.39. The molecule has 2 nitrogen and oxygen atoms in total. The molecular formula is C52H33NOS. The van der Waals surface area contributed by atoms with Gasteiger partial charge in [-0.05, 0) is 93.2 Å². The third-order valence-corrected chi connectivity index (χ3v) is 12.0. The van der Waals surface area contributed by atoms with E-state index < -0.39 is 0 Å². The van der Waals surface area contributed by atoms with Gasteiger partial charge in [-0.1, -0.05) is 146 Å². The monoisotopic (exact) mass is 719 g/mol. The van der Waals surface area contributed by atoms with Crippen LogP contribution in [0.4, 0.5) is 17.1 Å². The van der Waals surface area contributed by atoms with Crippen molar-refractivity contribution in [2.75, 3.05) is 4.90 Å². The molecule has 0 radical (unpaired) electrons. The third kappa shape index (κ3) is 5.40. The van der Waals surface area contributed by atoms with Crippen molar-refractivity contribution >= 4 is 81.3 Å². The van der Waals surface area contributed by atoms with E-state index in [1.165, 1.54) is 53.2 Å². The van der Waals surface area contributed by atoms with Gasteiger partial charge >= 0.3 is 0 Å². The maximum Gasteiger partial charge on any atom is 0.143 e. The minimum Gasteiger partial charge on any atom is -0.455 e. The largest absolute Gasteiger partial charge is 0.455 e. The smallest absolute Gasteiger partial charge is 0.143 e. The summed E-state index contributed by atoms with van der Waals surface area (Å²) in [4.78, 5) is 2.37. The van der Waals surface area contributed by atoms with Gasteiger partial charge in [-0.15, -0.1) is 11.3 Å². The molecule has 0 N–H and O–H groups in total. The first-order chi connectivity index (χ1) is 27.2. The highest BCUT2D eigenvalue weighted by Gasteiger charge is 2.18. The Labute approximate surface area is 322 Å². The Morgan fingerprint density at radius 1 is 0.345 bits per heavy atom. The van der Waals surface area contributed by atoms with Crippen LogP contribution in [0, 0.1) is 0 Å². The maximum atomic E-state index is 6.50. The molecule has 2 heterocycles. The SMILES string of the molecule is c1cc(-c2ccc3c(c2)sc2ccccc23)cc(N(c2ccc(-c3cccc4ccccc34)cc2)c2cccc(-c3cccc4c3oc3ccccc34)c2)c1. The second-order valence-electron chi connectivity index (χ2n) is 14.1. The molecule has 9 aromatic carbocycles. The molecule has 55 heavy (non-hydrogen) atoms. The first-order valence-corrected chi connectivity index (χ1v) is 19.5. The lowest BCUT2D eigenvalue weighted by Gasteiger charge is -2.27. The summed E-state index contributed by atoms with van der Waals surface area (Å²) in [6.45, 7) is 0. The Hall–Kier alpha value is -6.94. The number of anilines is 3. The topological polar surface area (TPSA) is 16.4 Å². The predicted molar refractivity (Wildman–Crippen MR) is 235 cm³/mol. The minimum atomic E-state index is 0.902. The fourth-order valence-corrected chi connectivity index (χ4v) is 9.38. The highest BCUT2D eigenvalue weighted by Crippen LogP contribution is 2.42. The standard InChI is InChI=1S/C52H33NOS/c1-2-17-42-34(11-1)12-9-20-43(42)35-25-28-39(29-26-35)53(40-15-7-13-36(31-40)37-27-30-47-46-19-4-6-24-50(46)55-51(47)33-37)41-16-8-14-38(32-41)44-21-10-22-48-45-18-3-5-23-49(45)54-52(44)48/h1-33H. The fourth-order valence-electron chi connectivity index (χ4n) is 8.23. The van der Waals surface area contributed by atoms with Crippen molar-refractivity contribution in [2.24, 2.45) is 0 Å². The molecule has 0 saturated carbocycles. The van der Waals surface area contributed by atoms with Crippen LogP contribution < -0.4 is 4.90 Å². The van der Waals surface area contributed by atoms with Gasteiger partial charge in [0, 0.05) is 53.6 Å². The number of benzene rings is 9. The van der Waals surface area contributed by atoms with Crippen molar-refractivity contribution < 1.29 is 4.42 Å². The van der Waals surface area contributed by atoms with Crippen LogP contribution >= 0.6 is 11.3 Å². The van der Waals surface area contributed by atoms with Gasteiger partial charge in [-0.2, -0.15) is 0 Å². The van der Waals surface area contributed by atoms with E-state index in [0.29, 0.717) is 0 Å². The Morgan fingerprint density at radius 3 is 1.82 bits per heavy atom. The van der Waals surface area contributed by atoms with Crippen molar-refractivity contribution in [3.05, 3.63) is 200 Å². The third-order valence-electron chi connectivity index (χ3n) is 10.9. The van der Waals surface area contributed by atoms with Gasteiger partial charge in [-0.3, -0.25) is 0 Å². The lowest BCUT2D eigenvalue weighted by atomic mass is 9.97. The quantitative estimate of drug-likeness (QED) is 0.170. The molecule has 0 amide bonds. The molecule has 0 spiro atoms. The number of para-hydroxylation sites is 2. The molecule has 0 bridgehead atoms. The molecule has 2 aromatic heterocycles. The second kappa shape index (κ2) is 12.9. The van der Waals surface area contributed by atoms with Gasteiger partial charge in [-0.25, -0.2) is 0 Å². The summed E-state index contributed by atoms with van der Waals surface area (Å²) < 4.78 is 9.12. The van der Waals surface area contributed by atoms with Crippen LogP contribution in [0.3, 0.4) is 0 Å². The van der Waals surface area contributed by atoms with E-state index in [1.807, 2.05) is 23.5 Å². The van der Waals surface area contributed by atoms with E-state index in [4.69, 9.17) is 4.42 Å². The summed E-state index contributed by atoms with van der Waals surface area (Å²) in [6, 6.07) is 72.2. The van der Waals surface area contributed by atoms with Gasteiger partial charge in [0.25, 0.3) is 0 Å². The first-order valence-electron chi connectivity index (χ1n) is 18.7. The van der Waals surface area contributed by atoms with E-state index in [1.54, 1.807) is 0 Å². The first kappa shape index (κ1) is 31.6. The molecule has 0 unspecified atom stereocenters. The van der Waals surface area contributed by atoms with E-state index in [9.17, 15) is 0 Å². The summed E-state index contributed by atoms with van der Waals surface area (Å²) in [7, 11) is 0. The summed E-state index contributed by atoms with van der Waals surface area (Å²) in [5.74, 6) is 0. The van der Waals surface area contributed by atoms with E-state index in [2.05, 4.69) is 193 Å². The molecule has 0 saturated heterocycles. The number of nitrogens with zero attached hydrogens (tertiary/aromatic N) is 1. The summed E-state index contributed by atoms with van der Waals surface area (Å²) in [6.07, 6.45) is 0. The summed E-state index contributed by atoms with van der Waals surface area (Å²) in [5.41, 5.74) is 12.0. The van der Waals surface area contributed by atoms with Gasteiger partial charge in [0.05, 0.1) is 0 Å². The number of hydrogen-bond acceptors (Lipinski definition) is 3. The Morgan fingerprint density at radius 2 is 0.945 bits per heavy atom. The van der Waals surface area contributed by atoms with Crippen molar-refractivity contribution in [1.82, 2.24) is 0 Å². The Kier molecular flexibility index (Phi) is 7.39. The van der Waals surface area contributed by atoms with Crippen molar-refractivity contribution in [1.29, 1.82) is 0 Å². The van der Waals surface area contributed by atoms with Crippen LogP contribution in [-0.2, 0) is 0 Å². The zero-order valence-electron chi connectivity index (χ0n) is 29.8. The highest BCUT2D eigenvalue weighted by molar-refractivity contribution is 7.25. The molecule has 0 aliphatic rings. The molecule has 0 fully saturated rings. The molecule has 258 valence electrons. The van der Waals surface area contributed by atoms with E-state index >= 15 is 0 Å². The van der Waals surface area contributed by atoms with Crippen LogP contribution in [0.1, 0.15) is 0 Å². The van der Waals surface area contributed by atoms with Crippen LogP contribution in [0.25, 0.3) is 86.3 Å². The fraction of sp³-hybridized carbons (Fsp3) is 0. The van der Waals surface area contributed by atoms with Crippen molar-refractivity contribution in [2.45, 2.75) is 0 Å². The average Bonchev–Trinajstić information content (AvgIpc) is 3.82. The molecule has 11 aromatic rings. The number of fused-ring (bicyclic) bond motifs is 7. The van der Waals surface area contributed by atoms with Gasteiger partial charge < -0.3 is 9.32 Å². The predicted octanol–water partition coefficient (Wildman–Crippen LogP) is 15.6. The van der Waals surface area contributed by atoms with Gasteiger partial charge in [0.15, 0.2) is 0 Å². The van der Waals surface area contributed by atoms with Crippen molar-refractivity contribution in [3.8, 4) is 33.4 Å². The molecular weight excluding hydrogens is 687 g/mol. The van der Waals surface area contributed by atoms with E-state index in [0.717, 1.165) is 50.1 Å². The number of thiophene rings is 1. The lowest BCUT2D eigenvalue weighted by Crippen LogP contribution is -2.10. The minimum absolute atomic E-state index is 0.902.